The molecule has 0 aliphatic rings. The molecular formula is C6H7MnN. The van der Waals surface area contributed by atoms with Gasteiger partial charge in [0.2, 0.25) is 0 Å². The maximum absolute atomic E-state index is 2.89. The average Bonchev–Trinajstić information content (AvgIpc) is 1.72. The number of hydrogen-bond acceptors (Lipinski definition) is 0. The molecule has 2 N–H and O–H groups in total. The zero-order valence-electron chi connectivity index (χ0n) is 4.34. The zero-order valence-corrected chi connectivity index (χ0v) is 5.52. The Kier molecular flexibility index (Phi) is 8.91. The molecule has 2 heteroatoms. The summed E-state index contributed by atoms with van der Waals surface area (Å²) in [5, 5.41) is 0. The Balaban J connectivity index is 0. The van der Waals surface area contributed by atoms with Gasteiger partial charge in [-0.1, -0.05) is 0 Å². The molecule has 0 spiro atoms. The number of benzene rings is 1. The second-order valence-corrected chi connectivity index (χ2v) is 1.08. The molecule has 0 aromatic heterocycles. The van der Waals surface area contributed by atoms with E-state index in [0.717, 1.165) is 0 Å². The molecule has 8 heavy (non-hydrogen) atoms. The Morgan fingerprint density at radius 1 is 0.875 bits per heavy atom. The van der Waals surface area contributed by atoms with Crippen molar-refractivity contribution in [1.82, 2.24) is 0 Å². The van der Waals surface area contributed by atoms with Crippen molar-refractivity contribution in [3.63, 3.8) is 0 Å². The van der Waals surface area contributed by atoms with Gasteiger partial charge in [0.25, 0.3) is 0 Å². The van der Waals surface area contributed by atoms with Crippen molar-refractivity contribution in [3.8, 4) is 0 Å². The van der Waals surface area contributed by atoms with Crippen molar-refractivity contribution in [2.75, 3.05) is 0 Å². The van der Waals surface area contributed by atoms with Crippen LogP contribution >= 0.6 is 0 Å². The Morgan fingerprint density at radius 2 is 1.38 bits per heavy atom. The molecule has 0 aliphatic carbocycles. The van der Waals surface area contributed by atoms with E-state index < -0.39 is 0 Å². The van der Waals surface area contributed by atoms with Gasteiger partial charge in [-0.3, -0.25) is 0 Å². The van der Waals surface area contributed by atoms with Crippen LogP contribution in [0.3, 0.4) is 0 Å². The first kappa shape index (κ1) is 10.6. The van der Waals surface area contributed by atoms with E-state index in [4.69, 9.17) is 0 Å². The van der Waals surface area contributed by atoms with E-state index in [0.29, 0.717) is 0 Å². The quantitative estimate of drug-likeness (QED) is 0.399. The topological polar surface area (TPSA) is 33.5 Å². The minimum absolute atomic E-state index is 0. The Morgan fingerprint density at radius 3 is 1.50 bits per heavy atom. The molecule has 0 fully saturated rings. The maximum atomic E-state index is 2.89. The first-order valence-corrected chi connectivity index (χ1v) is 1.91. The maximum Gasteiger partial charge on any atom is 2.00 e. The number of hydrogen-bond donors (Lipinski definition) is 0. The van der Waals surface area contributed by atoms with E-state index in [1.54, 1.807) is 0 Å². The monoisotopic (exact) mass is 148 g/mol. The summed E-state index contributed by atoms with van der Waals surface area (Å²) in [5.41, 5.74) is 0. The molecule has 1 aromatic carbocycles. The van der Waals surface area contributed by atoms with Crippen LogP contribution in [0.2, 0.25) is 0 Å². The Labute approximate surface area is 60.2 Å². The Bertz CT molecular complexity index is 80.5. The summed E-state index contributed by atoms with van der Waals surface area (Å²) in [6.45, 7) is 0. The summed E-state index contributed by atoms with van der Waals surface area (Å²) in [7, 11) is 0. The molecule has 0 heterocycles. The summed E-state index contributed by atoms with van der Waals surface area (Å²) in [4.78, 5) is 0. The van der Waals surface area contributed by atoms with Crippen LogP contribution in [-0.4, -0.2) is 0 Å². The smallest absolute Gasteiger partial charge is 0.693 e. The molecule has 0 aliphatic heterocycles. The first-order chi connectivity index (χ1) is 3.00. The fourth-order valence-electron chi connectivity index (χ4n) is 0.342. The van der Waals surface area contributed by atoms with Crippen LogP contribution in [0.4, 0.5) is 0 Å². The van der Waals surface area contributed by atoms with Crippen LogP contribution in [0.15, 0.2) is 30.3 Å². The van der Waals surface area contributed by atoms with E-state index in [2.05, 4.69) is 6.07 Å². The molecule has 0 amide bonds. The first-order valence-electron chi connectivity index (χ1n) is 1.91. The van der Waals surface area contributed by atoms with Gasteiger partial charge in [-0.25, -0.2) is 0 Å². The van der Waals surface area contributed by atoms with Crippen LogP contribution in [0.1, 0.15) is 0 Å². The van der Waals surface area contributed by atoms with Gasteiger partial charge >= 0.3 is 17.1 Å². The van der Waals surface area contributed by atoms with Crippen LogP contribution in [-0.2, 0) is 17.1 Å². The van der Waals surface area contributed by atoms with Crippen LogP contribution in [0, 0.1) is 6.07 Å². The van der Waals surface area contributed by atoms with Crippen molar-refractivity contribution in [2.45, 2.75) is 0 Å². The predicted molar refractivity (Wildman–Crippen MR) is 30.6 cm³/mol. The van der Waals surface area contributed by atoms with Crippen LogP contribution in [0.5, 0.6) is 0 Å². The summed E-state index contributed by atoms with van der Waals surface area (Å²) >= 11 is 0. The summed E-state index contributed by atoms with van der Waals surface area (Å²) in [6.07, 6.45) is 0. The van der Waals surface area contributed by atoms with Crippen LogP contribution in [0.25, 0.3) is 6.15 Å². The fraction of sp³-hybridized carbons (Fsp3) is 0. The van der Waals surface area contributed by atoms with E-state index in [9.17, 15) is 0 Å². The minimum atomic E-state index is 0. The van der Waals surface area contributed by atoms with Gasteiger partial charge in [0.1, 0.15) is 0 Å². The van der Waals surface area contributed by atoms with Gasteiger partial charge in [-0.05, 0) is 0 Å². The summed E-state index contributed by atoms with van der Waals surface area (Å²) < 4.78 is 0. The van der Waals surface area contributed by atoms with Crippen molar-refractivity contribution in [2.24, 2.45) is 0 Å². The molecular weight excluding hydrogens is 141 g/mol. The van der Waals surface area contributed by atoms with Crippen molar-refractivity contribution in [3.05, 3.63) is 42.5 Å². The summed E-state index contributed by atoms with van der Waals surface area (Å²) in [5.74, 6) is 0. The van der Waals surface area contributed by atoms with E-state index in [-0.39, 0.29) is 23.2 Å². The van der Waals surface area contributed by atoms with Gasteiger partial charge in [-0.2, -0.15) is 36.4 Å². The average molecular weight is 148 g/mol. The molecule has 1 rings (SSSR count). The molecule has 0 bridgehead atoms. The molecule has 0 saturated heterocycles. The van der Waals surface area contributed by atoms with Crippen LogP contribution < -0.4 is 0 Å². The van der Waals surface area contributed by atoms with E-state index >= 15 is 0 Å². The normalized spacial score (nSPS) is 6.00. The molecule has 43 valence electrons. The van der Waals surface area contributed by atoms with Crippen molar-refractivity contribution >= 4 is 0 Å². The van der Waals surface area contributed by atoms with Crippen molar-refractivity contribution < 1.29 is 17.1 Å². The SMILES string of the molecule is [Mn+2].[NH2-].[c-]1ccccc1. The predicted octanol–water partition coefficient (Wildman–Crippen LogP) is 2.20. The van der Waals surface area contributed by atoms with E-state index in [1.165, 1.54) is 0 Å². The molecule has 1 nitrogen and oxygen atoms in total. The molecule has 0 atom stereocenters. The Hall–Kier alpha value is -0.301. The molecule has 1 radical (unpaired) electrons. The van der Waals surface area contributed by atoms with Gasteiger partial charge in [0, 0.05) is 0 Å². The minimum Gasteiger partial charge on any atom is -0.693 e. The molecule has 0 unspecified atom stereocenters. The van der Waals surface area contributed by atoms with E-state index in [1.807, 2.05) is 30.3 Å². The second kappa shape index (κ2) is 6.70. The zero-order chi connectivity index (χ0) is 4.24. The van der Waals surface area contributed by atoms with Gasteiger partial charge in [0.15, 0.2) is 0 Å². The third-order valence-electron chi connectivity index (χ3n) is 0.607. The number of rotatable bonds is 0. The van der Waals surface area contributed by atoms with Gasteiger partial charge in [0.05, 0.1) is 0 Å². The van der Waals surface area contributed by atoms with Gasteiger partial charge in [-0.15, -0.1) is 0 Å². The fourth-order valence-corrected chi connectivity index (χ4v) is 0.342. The number of nitrogens with two attached hydrogens (primary N) is 1. The molecule has 0 saturated carbocycles. The second-order valence-electron chi connectivity index (χ2n) is 1.08. The molecule has 1 aromatic rings. The van der Waals surface area contributed by atoms with Gasteiger partial charge < -0.3 is 6.15 Å². The summed E-state index contributed by atoms with van der Waals surface area (Å²) in [6, 6.07) is 12.5. The standard InChI is InChI=1S/C6H5.Mn.H2N/c1-2-4-6-5-3-1;;/h1-5H;;1H2/q-1;+2;-1. The van der Waals surface area contributed by atoms with Crippen molar-refractivity contribution in [1.29, 1.82) is 0 Å². The third-order valence-corrected chi connectivity index (χ3v) is 0.607. The largest absolute Gasteiger partial charge is 2.00 e. The third kappa shape index (κ3) is 3.87.